The second-order valence-electron chi connectivity index (χ2n) is 7.59. The number of anilines is 1. The first kappa shape index (κ1) is 17.7. The SMILES string of the molecule is Cc1nc(NC2CCCN(C)C2)nnc1-c1ccc(C#CC2CC2)cc1O. The van der Waals surface area contributed by atoms with Gasteiger partial charge >= 0.3 is 0 Å². The van der Waals surface area contributed by atoms with Crippen molar-refractivity contribution in [1.82, 2.24) is 20.1 Å². The topological polar surface area (TPSA) is 74.2 Å². The molecule has 140 valence electrons. The number of benzene rings is 1. The lowest BCUT2D eigenvalue weighted by Crippen LogP contribution is -2.40. The smallest absolute Gasteiger partial charge is 0.243 e. The fourth-order valence-electron chi connectivity index (χ4n) is 3.40. The molecule has 0 spiro atoms. The second-order valence-corrected chi connectivity index (χ2v) is 7.59. The highest BCUT2D eigenvalue weighted by Crippen LogP contribution is 2.31. The third-order valence-corrected chi connectivity index (χ3v) is 5.07. The van der Waals surface area contributed by atoms with Crippen LogP contribution >= 0.6 is 0 Å². The standard InChI is InChI=1S/C21H25N5O/c1-14-20(18-10-9-16(12-19(18)27)8-7-15-5-6-15)24-25-21(22-14)23-17-4-3-11-26(2)13-17/h9-10,12,15,17,27H,3-6,11,13H2,1-2H3,(H,22,23,25). The summed E-state index contributed by atoms with van der Waals surface area (Å²) in [5.41, 5.74) is 2.79. The largest absolute Gasteiger partial charge is 0.507 e. The van der Waals surface area contributed by atoms with Gasteiger partial charge in [0.2, 0.25) is 5.95 Å². The summed E-state index contributed by atoms with van der Waals surface area (Å²) in [4.78, 5) is 6.86. The van der Waals surface area contributed by atoms with Gasteiger partial charge in [0.15, 0.2) is 0 Å². The summed E-state index contributed by atoms with van der Waals surface area (Å²) < 4.78 is 0. The fourth-order valence-corrected chi connectivity index (χ4v) is 3.40. The average Bonchev–Trinajstić information content (AvgIpc) is 3.45. The molecule has 2 aliphatic rings. The Bertz CT molecular complexity index is 897. The van der Waals surface area contributed by atoms with Crippen molar-refractivity contribution in [2.45, 2.75) is 38.6 Å². The number of nitrogens with zero attached hydrogens (tertiary/aromatic N) is 4. The van der Waals surface area contributed by atoms with E-state index in [1.54, 1.807) is 6.07 Å². The zero-order chi connectivity index (χ0) is 18.8. The molecule has 1 aliphatic heterocycles. The van der Waals surface area contributed by atoms with E-state index in [0.29, 0.717) is 29.2 Å². The number of phenols is 1. The van der Waals surface area contributed by atoms with E-state index >= 15 is 0 Å². The molecular formula is C21H25N5O. The number of aryl methyl sites for hydroxylation is 1. The lowest BCUT2D eigenvalue weighted by molar-refractivity contribution is 0.260. The van der Waals surface area contributed by atoms with E-state index in [4.69, 9.17) is 0 Å². The van der Waals surface area contributed by atoms with Crippen molar-refractivity contribution in [3.8, 4) is 28.8 Å². The number of hydrogen-bond donors (Lipinski definition) is 2. The number of nitrogens with one attached hydrogen (secondary N) is 1. The molecule has 1 aromatic carbocycles. The normalized spacial score (nSPS) is 20.0. The van der Waals surface area contributed by atoms with Crippen molar-refractivity contribution in [3.05, 3.63) is 29.5 Å². The molecule has 0 radical (unpaired) electrons. The Morgan fingerprint density at radius 3 is 2.78 bits per heavy atom. The summed E-state index contributed by atoms with van der Waals surface area (Å²) in [5, 5.41) is 22.4. The van der Waals surface area contributed by atoms with Gasteiger partial charge in [-0.05, 0) is 64.4 Å². The molecular weight excluding hydrogens is 338 g/mol. The zero-order valence-corrected chi connectivity index (χ0v) is 15.9. The molecule has 0 amide bonds. The Kier molecular flexibility index (Phi) is 4.95. The molecule has 1 saturated carbocycles. The quantitative estimate of drug-likeness (QED) is 0.817. The van der Waals surface area contributed by atoms with Crippen molar-refractivity contribution in [2.24, 2.45) is 5.92 Å². The molecule has 1 aliphatic carbocycles. The van der Waals surface area contributed by atoms with Gasteiger partial charge in [-0.2, -0.15) is 0 Å². The molecule has 6 nitrogen and oxygen atoms in total. The predicted molar refractivity (Wildman–Crippen MR) is 105 cm³/mol. The average molecular weight is 363 g/mol. The van der Waals surface area contributed by atoms with Gasteiger partial charge in [-0.3, -0.25) is 0 Å². The third kappa shape index (κ3) is 4.37. The van der Waals surface area contributed by atoms with Crippen molar-refractivity contribution in [2.75, 3.05) is 25.5 Å². The first-order valence-electron chi connectivity index (χ1n) is 9.60. The van der Waals surface area contributed by atoms with Crippen LogP contribution in [-0.2, 0) is 0 Å². The van der Waals surface area contributed by atoms with E-state index in [2.05, 4.69) is 44.3 Å². The number of rotatable bonds is 3. The Balaban J connectivity index is 1.51. The highest BCUT2D eigenvalue weighted by Gasteiger charge is 2.19. The minimum Gasteiger partial charge on any atom is -0.507 e. The van der Waals surface area contributed by atoms with Crippen molar-refractivity contribution >= 4 is 5.95 Å². The Hall–Kier alpha value is -2.65. The third-order valence-electron chi connectivity index (χ3n) is 5.07. The van der Waals surface area contributed by atoms with E-state index in [1.807, 2.05) is 19.1 Å². The summed E-state index contributed by atoms with van der Waals surface area (Å²) in [6.45, 7) is 4.01. The summed E-state index contributed by atoms with van der Waals surface area (Å²) in [7, 11) is 2.13. The van der Waals surface area contributed by atoms with Crippen LogP contribution in [0.15, 0.2) is 18.2 Å². The van der Waals surface area contributed by atoms with Gasteiger partial charge in [0.1, 0.15) is 11.4 Å². The molecule has 2 N–H and O–H groups in total. The summed E-state index contributed by atoms with van der Waals surface area (Å²) in [6.07, 6.45) is 4.66. The van der Waals surface area contributed by atoms with Crippen LogP contribution in [0.2, 0.25) is 0 Å². The van der Waals surface area contributed by atoms with Gasteiger partial charge in [0.25, 0.3) is 0 Å². The second kappa shape index (κ2) is 7.53. The summed E-state index contributed by atoms with van der Waals surface area (Å²) in [5.74, 6) is 7.57. The number of piperidine rings is 1. The highest BCUT2D eigenvalue weighted by atomic mass is 16.3. The van der Waals surface area contributed by atoms with Crippen LogP contribution in [0.25, 0.3) is 11.3 Å². The molecule has 4 rings (SSSR count). The van der Waals surface area contributed by atoms with Gasteiger partial charge in [0.05, 0.1) is 5.69 Å². The molecule has 27 heavy (non-hydrogen) atoms. The number of likely N-dealkylation sites (tertiary alicyclic amines) is 1. The fraction of sp³-hybridized carbons (Fsp3) is 0.476. The summed E-state index contributed by atoms with van der Waals surface area (Å²) >= 11 is 0. The van der Waals surface area contributed by atoms with Crippen molar-refractivity contribution < 1.29 is 5.11 Å². The van der Waals surface area contributed by atoms with Crippen LogP contribution in [0, 0.1) is 24.7 Å². The van der Waals surface area contributed by atoms with Gasteiger partial charge in [0, 0.05) is 29.6 Å². The highest BCUT2D eigenvalue weighted by molar-refractivity contribution is 5.69. The van der Waals surface area contributed by atoms with Crippen LogP contribution in [-0.4, -0.2) is 51.4 Å². The van der Waals surface area contributed by atoms with Crippen LogP contribution in [0.4, 0.5) is 5.95 Å². The first-order chi connectivity index (χ1) is 13.1. The molecule has 1 atom stereocenters. The van der Waals surface area contributed by atoms with E-state index in [1.165, 1.54) is 19.3 Å². The maximum atomic E-state index is 10.4. The van der Waals surface area contributed by atoms with Gasteiger partial charge in [-0.1, -0.05) is 11.8 Å². The van der Waals surface area contributed by atoms with Gasteiger partial charge in [-0.25, -0.2) is 4.98 Å². The Labute approximate surface area is 160 Å². The molecule has 1 aromatic heterocycles. The van der Waals surface area contributed by atoms with Crippen molar-refractivity contribution in [3.63, 3.8) is 0 Å². The number of aromatic hydroxyl groups is 1. The van der Waals surface area contributed by atoms with E-state index in [0.717, 1.165) is 30.8 Å². The first-order valence-corrected chi connectivity index (χ1v) is 9.60. The maximum Gasteiger partial charge on any atom is 0.243 e. The van der Waals surface area contributed by atoms with Crippen LogP contribution in [0.5, 0.6) is 5.75 Å². The van der Waals surface area contributed by atoms with Crippen LogP contribution in [0.3, 0.4) is 0 Å². The number of hydrogen-bond acceptors (Lipinski definition) is 6. The van der Waals surface area contributed by atoms with E-state index < -0.39 is 0 Å². The monoisotopic (exact) mass is 363 g/mol. The molecule has 2 fully saturated rings. The Morgan fingerprint density at radius 2 is 2.07 bits per heavy atom. The molecule has 1 unspecified atom stereocenters. The number of phenolic OH excluding ortho intramolecular Hbond substituents is 1. The van der Waals surface area contributed by atoms with Crippen molar-refractivity contribution in [1.29, 1.82) is 0 Å². The van der Waals surface area contributed by atoms with Crippen LogP contribution in [0.1, 0.15) is 36.9 Å². The summed E-state index contributed by atoms with van der Waals surface area (Å²) in [6, 6.07) is 5.79. The lowest BCUT2D eigenvalue weighted by Gasteiger charge is -2.30. The van der Waals surface area contributed by atoms with E-state index in [-0.39, 0.29) is 5.75 Å². The number of aromatic nitrogens is 3. The minimum atomic E-state index is 0.159. The molecule has 6 heteroatoms. The predicted octanol–water partition coefficient (Wildman–Crippen LogP) is 2.82. The van der Waals surface area contributed by atoms with Gasteiger partial charge < -0.3 is 15.3 Å². The van der Waals surface area contributed by atoms with Gasteiger partial charge in [-0.15, -0.1) is 10.2 Å². The van der Waals surface area contributed by atoms with Crippen LogP contribution < -0.4 is 5.32 Å². The Morgan fingerprint density at radius 1 is 1.22 bits per heavy atom. The maximum absolute atomic E-state index is 10.4. The molecule has 2 heterocycles. The number of likely N-dealkylation sites (N-methyl/N-ethyl adjacent to an activating group) is 1. The lowest BCUT2D eigenvalue weighted by atomic mass is 10.1. The molecule has 1 saturated heterocycles. The zero-order valence-electron chi connectivity index (χ0n) is 15.9. The van der Waals surface area contributed by atoms with E-state index in [9.17, 15) is 5.11 Å². The molecule has 0 bridgehead atoms. The minimum absolute atomic E-state index is 0.159. The molecule has 2 aromatic rings.